The largest absolute Gasteiger partial charge is 0.490 e. The molecule has 25 heavy (non-hydrogen) atoms. The monoisotopic (exact) mass is 354 g/mol. The first-order chi connectivity index (χ1) is 11.9. The van der Waals surface area contributed by atoms with E-state index in [1.165, 1.54) is 24.3 Å². The molecule has 0 N–H and O–H groups in total. The third kappa shape index (κ3) is 5.07. The summed E-state index contributed by atoms with van der Waals surface area (Å²) in [6.07, 6.45) is 2.56. The van der Waals surface area contributed by atoms with Crippen LogP contribution in [0.1, 0.15) is 22.8 Å². The summed E-state index contributed by atoms with van der Waals surface area (Å²) in [5.41, 5.74) is 0.471. The van der Waals surface area contributed by atoms with Crippen LogP contribution < -0.4 is 9.47 Å². The van der Waals surface area contributed by atoms with Crippen molar-refractivity contribution < 1.29 is 31.8 Å². The maximum atomic E-state index is 13.1. The van der Waals surface area contributed by atoms with E-state index in [-0.39, 0.29) is 23.7 Å². The lowest BCUT2D eigenvalue weighted by molar-refractivity contribution is -0.0514. The van der Waals surface area contributed by atoms with Gasteiger partial charge in [-0.2, -0.15) is 8.78 Å². The Morgan fingerprint density at radius 1 is 1.08 bits per heavy atom. The Labute approximate surface area is 141 Å². The fourth-order valence-corrected chi connectivity index (χ4v) is 2.01. The summed E-state index contributed by atoms with van der Waals surface area (Å²) in [5.74, 6) is -2.72. The van der Waals surface area contributed by atoms with Crippen molar-refractivity contribution in [3.8, 4) is 11.5 Å². The van der Waals surface area contributed by atoms with Gasteiger partial charge in [-0.25, -0.2) is 8.78 Å². The molecule has 2 aromatic carbocycles. The number of allylic oxidation sites excluding steroid dienone is 1. The predicted octanol–water partition coefficient (Wildman–Crippen LogP) is 4.86. The summed E-state index contributed by atoms with van der Waals surface area (Å²) in [6, 6.07) is 6.99. The molecule has 3 nitrogen and oxygen atoms in total. The van der Waals surface area contributed by atoms with Crippen LogP contribution in [-0.4, -0.2) is 19.0 Å². The minimum Gasteiger partial charge on any atom is -0.490 e. The molecule has 2 rings (SSSR count). The van der Waals surface area contributed by atoms with Crippen LogP contribution in [0.2, 0.25) is 0 Å². The highest BCUT2D eigenvalue weighted by Gasteiger charge is 2.11. The normalized spacial score (nSPS) is 11.1. The van der Waals surface area contributed by atoms with Crippen molar-refractivity contribution in [2.75, 3.05) is 6.61 Å². The molecule has 0 spiro atoms. The van der Waals surface area contributed by atoms with Crippen molar-refractivity contribution in [3.63, 3.8) is 0 Å². The molecule has 0 fully saturated rings. The molecular weight excluding hydrogens is 340 g/mol. The van der Waals surface area contributed by atoms with Crippen LogP contribution in [0.15, 0.2) is 42.5 Å². The molecule has 0 bridgehead atoms. The van der Waals surface area contributed by atoms with Gasteiger partial charge >= 0.3 is 6.61 Å². The van der Waals surface area contributed by atoms with Crippen LogP contribution in [0.5, 0.6) is 11.5 Å². The number of rotatable bonds is 7. The summed E-state index contributed by atoms with van der Waals surface area (Å²) in [7, 11) is 0. The maximum absolute atomic E-state index is 13.1. The summed E-state index contributed by atoms with van der Waals surface area (Å²) in [6.45, 7) is -1.07. The van der Waals surface area contributed by atoms with E-state index >= 15 is 0 Å². The molecule has 0 saturated carbocycles. The number of hydrogen-bond donors (Lipinski definition) is 0. The Hall–Kier alpha value is -2.83. The van der Waals surface area contributed by atoms with Gasteiger partial charge in [-0.1, -0.05) is 12.1 Å². The van der Waals surface area contributed by atoms with Gasteiger partial charge in [0.15, 0.2) is 28.9 Å². The molecule has 0 aromatic heterocycles. The highest BCUT2D eigenvalue weighted by molar-refractivity contribution is 6.06. The number of alkyl halides is 2. The van der Waals surface area contributed by atoms with E-state index in [1.807, 2.05) is 0 Å². The van der Waals surface area contributed by atoms with E-state index in [4.69, 9.17) is 4.74 Å². The smallest absolute Gasteiger partial charge is 0.387 e. The quantitative estimate of drug-likeness (QED) is 0.405. The van der Waals surface area contributed by atoms with Crippen molar-refractivity contribution >= 4 is 11.9 Å². The van der Waals surface area contributed by atoms with Crippen LogP contribution in [0.25, 0.3) is 6.08 Å². The van der Waals surface area contributed by atoms with Gasteiger partial charge in [0.05, 0.1) is 6.61 Å². The summed E-state index contributed by atoms with van der Waals surface area (Å²) in [4.78, 5) is 12.0. The second-order valence-electron chi connectivity index (χ2n) is 4.84. The lowest BCUT2D eigenvalue weighted by Gasteiger charge is -2.11. The Morgan fingerprint density at radius 3 is 2.48 bits per heavy atom. The zero-order valence-electron chi connectivity index (χ0n) is 13.1. The molecule has 0 amide bonds. The van der Waals surface area contributed by atoms with Crippen LogP contribution in [-0.2, 0) is 0 Å². The zero-order valence-corrected chi connectivity index (χ0v) is 13.1. The molecule has 0 aliphatic rings. The van der Waals surface area contributed by atoms with Crippen LogP contribution >= 0.6 is 0 Å². The predicted molar refractivity (Wildman–Crippen MR) is 84.0 cm³/mol. The number of benzene rings is 2. The maximum Gasteiger partial charge on any atom is 0.387 e. The lowest BCUT2D eigenvalue weighted by Crippen LogP contribution is -2.04. The summed E-state index contributed by atoms with van der Waals surface area (Å²) >= 11 is 0. The third-order valence-corrected chi connectivity index (χ3v) is 3.11. The Bertz CT molecular complexity index is 788. The van der Waals surface area contributed by atoms with Crippen LogP contribution in [0.4, 0.5) is 17.6 Å². The number of halogens is 4. The van der Waals surface area contributed by atoms with E-state index in [1.54, 1.807) is 6.92 Å². The van der Waals surface area contributed by atoms with E-state index < -0.39 is 24.0 Å². The Morgan fingerprint density at radius 2 is 1.84 bits per heavy atom. The van der Waals surface area contributed by atoms with Gasteiger partial charge in [0.25, 0.3) is 0 Å². The molecule has 7 heteroatoms. The highest BCUT2D eigenvalue weighted by Crippen LogP contribution is 2.30. The Balaban J connectivity index is 2.20. The average molecular weight is 354 g/mol. The van der Waals surface area contributed by atoms with Crippen molar-refractivity contribution in [1.82, 2.24) is 0 Å². The fraction of sp³-hybridized carbons (Fsp3) is 0.167. The van der Waals surface area contributed by atoms with Crippen LogP contribution in [0, 0.1) is 11.6 Å². The lowest BCUT2D eigenvalue weighted by atomic mass is 10.1. The first-order valence-corrected chi connectivity index (χ1v) is 7.30. The zero-order chi connectivity index (χ0) is 18.4. The minimum atomic E-state index is -2.99. The van der Waals surface area contributed by atoms with Gasteiger partial charge in [-0.3, -0.25) is 4.79 Å². The standard InChI is InChI=1S/C18H14F4O3/c1-2-24-17-9-11(4-8-16(17)25-18(21)22)3-7-15(23)12-5-6-13(19)14(20)10-12/h3-10,18H,2H2,1H3. The second kappa shape index (κ2) is 8.32. The molecule has 2 aromatic rings. The SMILES string of the molecule is CCOc1cc(C=CC(=O)c2ccc(F)c(F)c2)ccc1OC(F)F. The van der Waals surface area contributed by atoms with Crippen molar-refractivity contribution in [1.29, 1.82) is 0 Å². The first kappa shape index (κ1) is 18.5. The molecule has 0 radical (unpaired) electrons. The van der Waals surface area contributed by atoms with Crippen molar-refractivity contribution in [3.05, 3.63) is 65.2 Å². The molecule has 0 saturated heterocycles. The van der Waals surface area contributed by atoms with Crippen molar-refractivity contribution in [2.24, 2.45) is 0 Å². The molecule has 0 unspecified atom stereocenters. The van der Waals surface area contributed by atoms with Gasteiger partial charge in [0, 0.05) is 5.56 Å². The molecule has 0 atom stereocenters. The van der Waals surface area contributed by atoms with E-state index in [9.17, 15) is 22.4 Å². The average Bonchev–Trinajstić information content (AvgIpc) is 2.57. The molecule has 0 heterocycles. The highest BCUT2D eigenvalue weighted by atomic mass is 19.3. The Kier molecular flexibility index (Phi) is 6.16. The number of carbonyl (C=O) groups is 1. The van der Waals surface area contributed by atoms with Gasteiger partial charge in [0.2, 0.25) is 0 Å². The molecule has 0 aliphatic heterocycles. The third-order valence-electron chi connectivity index (χ3n) is 3.11. The van der Waals surface area contributed by atoms with E-state index in [0.29, 0.717) is 5.56 Å². The van der Waals surface area contributed by atoms with Gasteiger partial charge < -0.3 is 9.47 Å². The number of ketones is 1. The molecular formula is C18H14F4O3. The van der Waals surface area contributed by atoms with Crippen molar-refractivity contribution in [2.45, 2.75) is 13.5 Å². The van der Waals surface area contributed by atoms with Gasteiger partial charge in [-0.15, -0.1) is 0 Å². The summed E-state index contributed by atoms with van der Waals surface area (Å²) < 4.78 is 60.3. The molecule has 0 aliphatic carbocycles. The topological polar surface area (TPSA) is 35.5 Å². The van der Waals surface area contributed by atoms with Gasteiger partial charge in [-0.05, 0) is 48.9 Å². The van der Waals surface area contributed by atoms with Crippen LogP contribution in [0.3, 0.4) is 0 Å². The van der Waals surface area contributed by atoms with Gasteiger partial charge in [0.1, 0.15) is 0 Å². The van der Waals surface area contributed by atoms with E-state index in [0.717, 1.165) is 24.3 Å². The number of hydrogen-bond acceptors (Lipinski definition) is 3. The first-order valence-electron chi connectivity index (χ1n) is 7.30. The number of ether oxygens (including phenoxy) is 2. The molecule has 132 valence electrons. The fourth-order valence-electron chi connectivity index (χ4n) is 2.01. The minimum absolute atomic E-state index is 0.0159. The summed E-state index contributed by atoms with van der Waals surface area (Å²) in [5, 5.41) is 0. The van der Waals surface area contributed by atoms with E-state index in [2.05, 4.69) is 4.74 Å². The number of carbonyl (C=O) groups excluding carboxylic acids is 1. The second-order valence-corrected chi connectivity index (χ2v) is 4.84.